The maximum atomic E-state index is 9.25. The second kappa shape index (κ2) is 5.25. The molecule has 0 amide bonds. The van der Waals surface area contributed by atoms with Crippen LogP contribution < -0.4 is 0 Å². The van der Waals surface area contributed by atoms with Crippen LogP contribution in [0.2, 0.25) is 0 Å². The number of hydrogen-bond donors (Lipinski definition) is 0. The first-order valence-electron chi connectivity index (χ1n) is 6.60. The molecule has 0 radical (unpaired) electrons. The molecule has 0 aromatic carbocycles. The first kappa shape index (κ1) is 13.1. The van der Waals surface area contributed by atoms with Gasteiger partial charge in [0.1, 0.15) is 16.7 Å². The molecule has 1 aliphatic carbocycles. The summed E-state index contributed by atoms with van der Waals surface area (Å²) in [5.41, 5.74) is 1.33. The zero-order valence-corrected chi connectivity index (χ0v) is 12.3. The van der Waals surface area contributed by atoms with Crippen molar-refractivity contribution in [3.63, 3.8) is 0 Å². The second-order valence-corrected chi connectivity index (χ2v) is 5.90. The Morgan fingerprint density at radius 3 is 2.80 bits per heavy atom. The van der Waals surface area contributed by atoms with Crippen LogP contribution in [-0.4, -0.2) is 30.0 Å². The Hall–Kier alpha value is -1.88. The zero-order chi connectivity index (χ0) is 14.1. The fraction of sp³-hybridized carbons (Fsp3) is 0.583. The van der Waals surface area contributed by atoms with E-state index in [1.165, 1.54) is 24.6 Å². The summed E-state index contributed by atoms with van der Waals surface area (Å²) in [6.45, 7) is 1.84. The lowest BCUT2D eigenvalue weighted by atomic mass is 10.3. The fourth-order valence-electron chi connectivity index (χ4n) is 2.60. The van der Waals surface area contributed by atoms with Gasteiger partial charge in [0.2, 0.25) is 5.16 Å². The molecule has 104 valence electrons. The first-order chi connectivity index (χ1) is 9.70. The Labute approximate surface area is 121 Å². The second-order valence-electron chi connectivity index (χ2n) is 4.95. The average molecular weight is 289 g/mol. The number of hydrogen-bond acceptors (Lipinski definition) is 6. The normalized spacial score (nSPS) is 15.7. The summed E-state index contributed by atoms with van der Waals surface area (Å²) in [6, 6.07) is 2.59. The van der Waals surface area contributed by atoms with E-state index in [9.17, 15) is 5.26 Å². The Bertz CT molecular complexity index is 660. The van der Waals surface area contributed by atoms with Crippen molar-refractivity contribution in [3.8, 4) is 6.07 Å². The van der Waals surface area contributed by atoms with Crippen LogP contribution in [0.5, 0.6) is 0 Å². The first-order valence-corrected chi connectivity index (χ1v) is 7.41. The SMILES string of the molecule is Cc1nn(C)c(Sc2nnnn2C2CCCC2)c1C#N. The molecule has 0 unspecified atom stereocenters. The van der Waals surface area contributed by atoms with E-state index in [1.54, 1.807) is 4.68 Å². The van der Waals surface area contributed by atoms with Crippen molar-refractivity contribution in [2.75, 3.05) is 0 Å². The minimum Gasteiger partial charge on any atom is -0.260 e. The van der Waals surface area contributed by atoms with Crippen molar-refractivity contribution < 1.29 is 0 Å². The van der Waals surface area contributed by atoms with Gasteiger partial charge in [-0.15, -0.1) is 5.10 Å². The number of aromatic nitrogens is 6. The number of nitrogens with zero attached hydrogens (tertiary/aromatic N) is 7. The molecule has 1 fully saturated rings. The summed E-state index contributed by atoms with van der Waals surface area (Å²) >= 11 is 1.41. The highest BCUT2D eigenvalue weighted by Gasteiger charge is 2.24. The lowest BCUT2D eigenvalue weighted by molar-refractivity contribution is 0.422. The molecule has 20 heavy (non-hydrogen) atoms. The van der Waals surface area contributed by atoms with E-state index >= 15 is 0 Å². The molecule has 0 bridgehead atoms. The third-order valence-electron chi connectivity index (χ3n) is 3.60. The monoisotopic (exact) mass is 289 g/mol. The van der Waals surface area contributed by atoms with E-state index in [-0.39, 0.29) is 0 Å². The molecular formula is C12H15N7S. The average Bonchev–Trinajstić information content (AvgIpc) is 3.12. The minimum atomic E-state index is 0.382. The van der Waals surface area contributed by atoms with Crippen molar-refractivity contribution in [2.45, 2.75) is 48.8 Å². The Morgan fingerprint density at radius 2 is 2.10 bits per heavy atom. The van der Waals surface area contributed by atoms with Gasteiger partial charge < -0.3 is 0 Å². The minimum absolute atomic E-state index is 0.382. The van der Waals surface area contributed by atoms with Gasteiger partial charge in [-0.1, -0.05) is 12.8 Å². The number of nitriles is 1. The topological polar surface area (TPSA) is 85.2 Å². The lowest BCUT2D eigenvalue weighted by Crippen LogP contribution is -2.08. The van der Waals surface area contributed by atoms with Crippen LogP contribution in [0.1, 0.15) is 43.0 Å². The molecule has 1 aliphatic rings. The van der Waals surface area contributed by atoms with E-state index in [0.29, 0.717) is 11.6 Å². The zero-order valence-electron chi connectivity index (χ0n) is 11.4. The third-order valence-corrected chi connectivity index (χ3v) is 4.72. The Kier molecular flexibility index (Phi) is 3.44. The standard InChI is InChI=1S/C12H15N7S/c1-8-10(7-13)11(18(2)15-8)20-12-14-16-17-19(12)9-5-3-4-6-9/h9H,3-6H2,1-2H3. The van der Waals surface area contributed by atoms with Crippen molar-refractivity contribution in [2.24, 2.45) is 7.05 Å². The quantitative estimate of drug-likeness (QED) is 0.857. The Balaban J connectivity index is 1.93. The number of rotatable bonds is 3. The van der Waals surface area contributed by atoms with Crippen LogP contribution in [0.15, 0.2) is 10.2 Å². The van der Waals surface area contributed by atoms with Crippen molar-refractivity contribution in [3.05, 3.63) is 11.3 Å². The molecule has 2 aromatic rings. The van der Waals surface area contributed by atoms with Crippen molar-refractivity contribution in [1.82, 2.24) is 30.0 Å². The number of tetrazole rings is 1. The van der Waals surface area contributed by atoms with Gasteiger partial charge in [0, 0.05) is 7.05 Å². The molecule has 0 atom stereocenters. The van der Waals surface area contributed by atoms with Crippen LogP contribution >= 0.6 is 11.8 Å². The van der Waals surface area contributed by atoms with E-state index in [2.05, 4.69) is 26.7 Å². The molecule has 3 rings (SSSR count). The summed E-state index contributed by atoms with van der Waals surface area (Å²) < 4.78 is 3.60. The van der Waals surface area contributed by atoms with E-state index in [0.717, 1.165) is 28.7 Å². The highest BCUT2D eigenvalue weighted by atomic mass is 32.2. The van der Waals surface area contributed by atoms with Crippen molar-refractivity contribution >= 4 is 11.8 Å². The lowest BCUT2D eigenvalue weighted by Gasteiger charge is -2.10. The van der Waals surface area contributed by atoms with Crippen LogP contribution in [0.4, 0.5) is 0 Å². The summed E-state index contributed by atoms with van der Waals surface area (Å²) in [5.74, 6) is 0. The summed E-state index contributed by atoms with van der Waals surface area (Å²) in [4.78, 5) is 0. The van der Waals surface area contributed by atoms with Gasteiger partial charge in [-0.05, 0) is 42.0 Å². The summed E-state index contributed by atoms with van der Waals surface area (Å²) in [7, 11) is 1.83. The van der Waals surface area contributed by atoms with Gasteiger partial charge in [-0.2, -0.15) is 10.4 Å². The molecule has 0 aliphatic heterocycles. The van der Waals surface area contributed by atoms with Gasteiger partial charge in [0.15, 0.2) is 0 Å². The molecule has 0 saturated heterocycles. The van der Waals surface area contributed by atoms with E-state index in [4.69, 9.17) is 0 Å². The van der Waals surface area contributed by atoms with Gasteiger partial charge in [-0.3, -0.25) is 4.68 Å². The van der Waals surface area contributed by atoms with Crippen LogP contribution in [0.25, 0.3) is 0 Å². The number of aryl methyl sites for hydroxylation is 2. The highest BCUT2D eigenvalue weighted by molar-refractivity contribution is 7.99. The predicted octanol–water partition coefficient (Wildman–Crippen LogP) is 1.85. The van der Waals surface area contributed by atoms with Gasteiger partial charge in [0.25, 0.3) is 0 Å². The van der Waals surface area contributed by atoms with Gasteiger partial charge >= 0.3 is 0 Å². The largest absolute Gasteiger partial charge is 0.260 e. The smallest absolute Gasteiger partial charge is 0.215 e. The third kappa shape index (κ3) is 2.18. The van der Waals surface area contributed by atoms with Gasteiger partial charge in [0.05, 0.1) is 11.7 Å². The maximum Gasteiger partial charge on any atom is 0.215 e. The van der Waals surface area contributed by atoms with Crippen LogP contribution in [0.3, 0.4) is 0 Å². The molecule has 8 heteroatoms. The van der Waals surface area contributed by atoms with Gasteiger partial charge in [-0.25, -0.2) is 4.68 Å². The molecule has 0 N–H and O–H groups in total. The molecule has 2 aromatic heterocycles. The highest BCUT2D eigenvalue weighted by Crippen LogP contribution is 2.35. The Morgan fingerprint density at radius 1 is 1.35 bits per heavy atom. The van der Waals surface area contributed by atoms with Crippen LogP contribution in [0, 0.1) is 18.3 Å². The van der Waals surface area contributed by atoms with E-state index in [1.807, 2.05) is 18.7 Å². The molecular weight excluding hydrogens is 274 g/mol. The maximum absolute atomic E-state index is 9.25. The van der Waals surface area contributed by atoms with E-state index < -0.39 is 0 Å². The molecule has 7 nitrogen and oxygen atoms in total. The van der Waals surface area contributed by atoms with Crippen molar-refractivity contribution in [1.29, 1.82) is 5.26 Å². The molecule has 1 saturated carbocycles. The summed E-state index contributed by atoms with van der Waals surface area (Å²) in [6.07, 6.45) is 4.69. The van der Waals surface area contributed by atoms with Crippen LogP contribution in [-0.2, 0) is 7.05 Å². The fourth-order valence-corrected chi connectivity index (χ4v) is 3.60. The molecule has 2 heterocycles. The summed E-state index contributed by atoms with van der Waals surface area (Å²) in [5, 5.41) is 27.0. The molecule has 0 spiro atoms. The predicted molar refractivity (Wildman–Crippen MR) is 72.1 cm³/mol.